The molecule has 1 heterocycles. The van der Waals surface area contributed by atoms with Gasteiger partial charge < -0.3 is 19.3 Å². The molecule has 1 aromatic carbocycles. The molecule has 0 saturated carbocycles. The summed E-state index contributed by atoms with van der Waals surface area (Å²) in [5.41, 5.74) is 1.78. The van der Waals surface area contributed by atoms with Crippen molar-refractivity contribution < 1.29 is 19.1 Å². The summed E-state index contributed by atoms with van der Waals surface area (Å²) in [7, 11) is 0. The number of carbonyl (C=O) groups excluding carboxylic acids is 2. The maximum absolute atomic E-state index is 12.2. The summed E-state index contributed by atoms with van der Waals surface area (Å²) < 4.78 is 10.4. The number of piperazine rings is 1. The number of hydrogen-bond acceptors (Lipinski definition) is 5. The molecule has 28 heavy (non-hydrogen) atoms. The van der Waals surface area contributed by atoms with Crippen molar-refractivity contribution in [3.05, 3.63) is 35.9 Å². The Balaban J connectivity index is 1.79. The van der Waals surface area contributed by atoms with Gasteiger partial charge in [-0.3, -0.25) is 4.79 Å². The van der Waals surface area contributed by atoms with Gasteiger partial charge in [0.05, 0.1) is 6.61 Å². The van der Waals surface area contributed by atoms with Crippen LogP contribution in [0.5, 0.6) is 0 Å². The van der Waals surface area contributed by atoms with E-state index in [0.29, 0.717) is 32.5 Å². The fourth-order valence-corrected chi connectivity index (χ4v) is 2.92. The van der Waals surface area contributed by atoms with Crippen LogP contribution in [0, 0.1) is 0 Å². The van der Waals surface area contributed by atoms with E-state index in [0.717, 1.165) is 24.3 Å². The normalized spacial score (nSPS) is 15.0. The van der Waals surface area contributed by atoms with Crippen LogP contribution in [0.3, 0.4) is 0 Å². The molecule has 0 N–H and O–H groups in total. The lowest BCUT2D eigenvalue weighted by molar-refractivity contribution is -0.143. The van der Waals surface area contributed by atoms with Gasteiger partial charge in [0.15, 0.2) is 0 Å². The van der Waals surface area contributed by atoms with Crippen molar-refractivity contribution >= 4 is 23.8 Å². The molecule has 2 rings (SSSR count). The Kier molecular flexibility index (Phi) is 7.91. The first kappa shape index (κ1) is 21.8. The number of rotatable bonds is 6. The highest BCUT2D eigenvalue weighted by Gasteiger charge is 2.25. The van der Waals surface area contributed by atoms with Crippen molar-refractivity contribution in [2.24, 2.45) is 0 Å². The lowest BCUT2D eigenvalue weighted by Gasteiger charge is -2.36. The van der Waals surface area contributed by atoms with Gasteiger partial charge in [-0.25, -0.2) is 4.79 Å². The monoisotopic (exact) mass is 388 g/mol. The second-order valence-electron chi connectivity index (χ2n) is 7.79. The first-order valence-electron chi connectivity index (χ1n) is 9.93. The average molecular weight is 389 g/mol. The summed E-state index contributed by atoms with van der Waals surface area (Å²) in [6, 6.07) is 8.31. The van der Waals surface area contributed by atoms with Gasteiger partial charge in [-0.05, 0) is 51.8 Å². The van der Waals surface area contributed by atoms with Gasteiger partial charge in [0.25, 0.3) is 0 Å². The number of nitrogens with zero attached hydrogens (tertiary/aromatic N) is 2. The number of benzene rings is 1. The third-order valence-electron chi connectivity index (χ3n) is 4.32. The van der Waals surface area contributed by atoms with Gasteiger partial charge in [0.2, 0.25) is 0 Å². The number of hydrogen-bond donors (Lipinski definition) is 0. The second kappa shape index (κ2) is 10.2. The molecule has 1 aromatic rings. The van der Waals surface area contributed by atoms with Crippen molar-refractivity contribution in [2.75, 3.05) is 37.7 Å². The van der Waals surface area contributed by atoms with Gasteiger partial charge in [-0.1, -0.05) is 24.3 Å². The van der Waals surface area contributed by atoms with E-state index in [2.05, 4.69) is 29.2 Å². The zero-order chi connectivity index (χ0) is 20.6. The van der Waals surface area contributed by atoms with E-state index in [1.54, 1.807) is 4.90 Å². The molecule has 1 aliphatic heterocycles. The standard InChI is InChI=1S/C22H32N2O4/c1-5-27-20(25)9-7-6-8-18-10-12-19(13-11-18)23-14-16-24(17-15-23)21(26)28-22(2,3)4/h6,8,10-13H,5,7,9,14-17H2,1-4H3/b8-6+. The topological polar surface area (TPSA) is 59.1 Å². The van der Waals surface area contributed by atoms with Gasteiger partial charge in [0.1, 0.15) is 5.60 Å². The smallest absolute Gasteiger partial charge is 0.410 e. The predicted octanol–water partition coefficient (Wildman–Crippen LogP) is 4.10. The Morgan fingerprint density at radius 3 is 2.29 bits per heavy atom. The van der Waals surface area contributed by atoms with E-state index in [4.69, 9.17) is 9.47 Å². The van der Waals surface area contributed by atoms with Crippen LogP contribution < -0.4 is 4.90 Å². The average Bonchev–Trinajstić information content (AvgIpc) is 2.65. The van der Waals surface area contributed by atoms with Gasteiger partial charge in [-0.2, -0.15) is 0 Å². The van der Waals surface area contributed by atoms with Crippen LogP contribution >= 0.6 is 0 Å². The number of esters is 1. The van der Waals surface area contributed by atoms with Gasteiger partial charge in [-0.15, -0.1) is 0 Å². The minimum atomic E-state index is -0.464. The number of carbonyl (C=O) groups is 2. The summed E-state index contributed by atoms with van der Waals surface area (Å²) in [6.07, 6.45) is 4.85. The molecule has 6 nitrogen and oxygen atoms in total. The van der Waals surface area contributed by atoms with E-state index in [1.807, 2.05) is 39.8 Å². The molecule has 0 radical (unpaired) electrons. The van der Waals surface area contributed by atoms with E-state index >= 15 is 0 Å². The molecular weight excluding hydrogens is 356 g/mol. The molecule has 154 valence electrons. The highest BCUT2D eigenvalue weighted by Crippen LogP contribution is 2.19. The Morgan fingerprint density at radius 1 is 1.07 bits per heavy atom. The number of amides is 1. The molecule has 0 aromatic heterocycles. The van der Waals surface area contributed by atoms with Crippen LogP contribution in [0.4, 0.5) is 10.5 Å². The summed E-state index contributed by atoms with van der Waals surface area (Å²) in [5.74, 6) is -0.159. The lowest BCUT2D eigenvalue weighted by Crippen LogP contribution is -2.50. The summed E-state index contributed by atoms with van der Waals surface area (Å²) >= 11 is 0. The zero-order valence-electron chi connectivity index (χ0n) is 17.4. The van der Waals surface area contributed by atoms with Crippen molar-refractivity contribution in [2.45, 2.75) is 46.1 Å². The fraction of sp³-hybridized carbons (Fsp3) is 0.545. The second-order valence-corrected chi connectivity index (χ2v) is 7.79. The van der Waals surface area contributed by atoms with Gasteiger partial charge in [0, 0.05) is 38.3 Å². The summed E-state index contributed by atoms with van der Waals surface area (Å²) in [6.45, 7) is 10.8. The van der Waals surface area contributed by atoms with Crippen molar-refractivity contribution in [1.29, 1.82) is 0 Å². The highest BCUT2D eigenvalue weighted by atomic mass is 16.6. The Morgan fingerprint density at radius 2 is 1.71 bits per heavy atom. The zero-order valence-corrected chi connectivity index (χ0v) is 17.4. The van der Waals surface area contributed by atoms with Crippen LogP contribution in [0.25, 0.3) is 6.08 Å². The molecule has 0 atom stereocenters. The fourth-order valence-electron chi connectivity index (χ4n) is 2.92. The molecule has 0 unspecified atom stereocenters. The third kappa shape index (κ3) is 7.25. The lowest BCUT2D eigenvalue weighted by atomic mass is 10.1. The Hall–Kier alpha value is -2.50. The highest BCUT2D eigenvalue weighted by molar-refractivity contribution is 5.70. The number of anilines is 1. The number of allylic oxidation sites excluding steroid dienone is 1. The van der Waals surface area contributed by atoms with Crippen LogP contribution in [0.2, 0.25) is 0 Å². The van der Waals surface area contributed by atoms with E-state index in [9.17, 15) is 9.59 Å². The van der Waals surface area contributed by atoms with Crippen molar-refractivity contribution in [1.82, 2.24) is 4.90 Å². The van der Waals surface area contributed by atoms with Gasteiger partial charge >= 0.3 is 12.1 Å². The third-order valence-corrected chi connectivity index (χ3v) is 4.32. The maximum Gasteiger partial charge on any atom is 0.410 e. The molecule has 0 spiro atoms. The molecule has 6 heteroatoms. The van der Waals surface area contributed by atoms with Crippen LogP contribution in [-0.2, 0) is 14.3 Å². The summed E-state index contributed by atoms with van der Waals surface area (Å²) in [5, 5.41) is 0. The predicted molar refractivity (Wildman–Crippen MR) is 111 cm³/mol. The van der Waals surface area contributed by atoms with E-state index in [-0.39, 0.29) is 12.1 Å². The van der Waals surface area contributed by atoms with Crippen LogP contribution in [0.1, 0.15) is 46.1 Å². The summed E-state index contributed by atoms with van der Waals surface area (Å²) in [4.78, 5) is 27.5. The Labute approximate surface area is 168 Å². The maximum atomic E-state index is 12.2. The van der Waals surface area contributed by atoms with E-state index in [1.165, 1.54) is 0 Å². The molecule has 1 fully saturated rings. The Bertz CT molecular complexity index is 669. The minimum absolute atomic E-state index is 0.159. The molecule has 1 aliphatic rings. The minimum Gasteiger partial charge on any atom is -0.466 e. The molecule has 0 aliphatic carbocycles. The first-order chi connectivity index (χ1) is 13.3. The molecule has 1 saturated heterocycles. The molecule has 0 bridgehead atoms. The van der Waals surface area contributed by atoms with E-state index < -0.39 is 5.60 Å². The van der Waals surface area contributed by atoms with Crippen LogP contribution in [-0.4, -0.2) is 55.3 Å². The molecule has 1 amide bonds. The number of ether oxygens (including phenoxy) is 2. The van der Waals surface area contributed by atoms with Crippen molar-refractivity contribution in [3.8, 4) is 0 Å². The quantitative estimate of drug-likeness (QED) is 0.687. The molecular formula is C22H32N2O4. The van der Waals surface area contributed by atoms with Crippen molar-refractivity contribution in [3.63, 3.8) is 0 Å². The SMILES string of the molecule is CCOC(=O)CC/C=C/c1ccc(N2CCN(C(=O)OC(C)(C)C)CC2)cc1. The first-order valence-corrected chi connectivity index (χ1v) is 9.93. The van der Waals surface area contributed by atoms with Crippen LogP contribution in [0.15, 0.2) is 30.3 Å². The largest absolute Gasteiger partial charge is 0.466 e.